The molecule has 0 aromatic heterocycles. The summed E-state index contributed by atoms with van der Waals surface area (Å²) in [5.41, 5.74) is 0. The highest BCUT2D eigenvalue weighted by atomic mass is 16.4. The SMILES string of the molecule is CCN(CCC(=O)O)CC(=O)N1CCCC1. The van der Waals surface area contributed by atoms with Gasteiger partial charge in [-0.3, -0.25) is 14.5 Å². The zero-order valence-corrected chi connectivity index (χ0v) is 9.81. The van der Waals surface area contributed by atoms with Gasteiger partial charge in [-0.15, -0.1) is 0 Å². The average Bonchev–Trinajstić information content (AvgIpc) is 2.76. The quantitative estimate of drug-likeness (QED) is 0.715. The molecule has 0 aromatic rings. The lowest BCUT2D eigenvalue weighted by molar-refractivity contribution is -0.138. The van der Waals surface area contributed by atoms with Gasteiger partial charge in [0.2, 0.25) is 5.91 Å². The Morgan fingerprint density at radius 1 is 1.31 bits per heavy atom. The van der Waals surface area contributed by atoms with Crippen LogP contribution in [0.1, 0.15) is 26.2 Å². The van der Waals surface area contributed by atoms with E-state index in [0.717, 1.165) is 25.9 Å². The Kier molecular flexibility index (Phi) is 5.25. The summed E-state index contributed by atoms with van der Waals surface area (Å²) in [6.07, 6.45) is 2.28. The molecular formula is C11H20N2O3. The summed E-state index contributed by atoms with van der Waals surface area (Å²) in [4.78, 5) is 26.0. The molecule has 1 amide bonds. The number of carboxylic acids is 1. The summed E-state index contributed by atoms with van der Waals surface area (Å²) in [7, 11) is 0. The van der Waals surface area contributed by atoms with E-state index in [2.05, 4.69) is 0 Å². The van der Waals surface area contributed by atoms with Crippen LogP contribution in [0.5, 0.6) is 0 Å². The van der Waals surface area contributed by atoms with Crippen molar-refractivity contribution in [2.45, 2.75) is 26.2 Å². The molecule has 1 fully saturated rings. The molecule has 92 valence electrons. The van der Waals surface area contributed by atoms with Gasteiger partial charge in [-0.05, 0) is 19.4 Å². The third-order valence-corrected chi connectivity index (χ3v) is 2.91. The highest BCUT2D eigenvalue weighted by molar-refractivity contribution is 5.78. The second kappa shape index (κ2) is 6.48. The van der Waals surface area contributed by atoms with Gasteiger partial charge in [0.25, 0.3) is 0 Å². The van der Waals surface area contributed by atoms with Crippen LogP contribution in [-0.4, -0.2) is 59.5 Å². The highest BCUT2D eigenvalue weighted by Gasteiger charge is 2.19. The topological polar surface area (TPSA) is 60.9 Å². The number of aliphatic carboxylic acids is 1. The Labute approximate surface area is 96.0 Å². The number of amides is 1. The zero-order chi connectivity index (χ0) is 12.0. The van der Waals surface area contributed by atoms with Gasteiger partial charge < -0.3 is 10.0 Å². The maximum Gasteiger partial charge on any atom is 0.304 e. The van der Waals surface area contributed by atoms with Crippen LogP contribution in [0.3, 0.4) is 0 Å². The summed E-state index contributed by atoms with van der Waals surface area (Å²) in [5, 5.41) is 8.58. The molecule has 1 rings (SSSR count). The maximum absolute atomic E-state index is 11.8. The lowest BCUT2D eigenvalue weighted by Crippen LogP contribution is -2.39. The second-order valence-electron chi connectivity index (χ2n) is 4.10. The molecule has 16 heavy (non-hydrogen) atoms. The first-order chi connectivity index (χ1) is 7.63. The van der Waals surface area contributed by atoms with Gasteiger partial charge in [0.15, 0.2) is 0 Å². The van der Waals surface area contributed by atoms with Crippen molar-refractivity contribution in [1.29, 1.82) is 0 Å². The third kappa shape index (κ3) is 4.18. The molecular weight excluding hydrogens is 208 g/mol. The fourth-order valence-corrected chi connectivity index (χ4v) is 1.86. The van der Waals surface area contributed by atoms with E-state index in [1.54, 1.807) is 0 Å². The fraction of sp³-hybridized carbons (Fsp3) is 0.818. The number of hydrogen-bond donors (Lipinski definition) is 1. The summed E-state index contributed by atoms with van der Waals surface area (Å²) in [6, 6.07) is 0. The number of likely N-dealkylation sites (N-methyl/N-ethyl adjacent to an activating group) is 1. The zero-order valence-electron chi connectivity index (χ0n) is 9.81. The summed E-state index contributed by atoms with van der Waals surface area (Å²) in [5.74, 6) is -0.684. The molecule has 5 heteroatoms. The first-order valence-electron chi connectivity index (χ1n) is 5.85. The molecule has 1 aliphatic rings. The van der Waals surface area contributed by atoms with E-state index in [1.165, 1.54) is 0 Å². The normalized spacial score (nSPS) is 15.8. The van der Waals surface area contributed by atoms with Gasteiger partial charge in [0.05, 0.1) is 13.0 Å². The average molecular weight is 228 g/mol. The van der Waals surface area contributed by atoms with E-state index < -0.39 is 5.97 Å². The lowest BCUT2D eigenvalue weighted by atomic mass is 10.3. The lowest BCUT2D eigenvalue weighted by Gasteiger charge is -2.22. The Morgan fingerprint density at radius 2 is 1.94 bits per heavy atom. The number of likely N-dealkylation sites (tertiary alicyclic amines) is 1. The van der Waals surface area contributed by atoms with Gasteiger partial charge in [0, 0.05) is 19.6 Å². The number of carbonyl (C=O) groups excluding carboxylic acids is 1. The largest absolute Gasteiger partial charge is 0.481 e. The molecule has 0 aromatic carbocycles. The first kappa shape index (κ1) is 13.0. The minimum atomic E-state index is -0.813. The van der Waals surface area contributed by atoms with E-state index in [1.807, 2.05) is 16.7 Å². The van der Waals surface area contributed by atoms with Crippen molar-refractivity contribution in [1.82, 2.24) is 9.80 Å². The Morgan fingerprint density at radius 3 is 2.44 bits per heavy atom. The number of rotatable bonds is 6. The summed E-state index contributed by atoms with van der Waals surface area (Å²) in [6.45, 7) is 5.17. The van der Waals surface area contributed by atoms with Crippen molar-refractivity contribution < 1.29 is 14.7 Å². The van der Waals surface area contributed by atoms with Gasteiger partial charge in [-0.25, -0.2) is 0 Å². The van der Waals surface area contributed by atoms with Crippen molar-refractivity contribution in [3.8, 4) is 0 Å². The molecule has 0 aliphatic carbocycles. The Balaban J connectivity index is 2.30. The summed E-state index contributed by atoms with van der Waals surface area (Å²) >= 11 is 0. The van der Waals surface area contributed by atoms with E-state index >= 15 is 0 Å². The smallest absolute Gasteiger partial charge is 0.304 e. The van der Waals surface area contributed by atoms with Crippen LogP contribution < -0.4 is 0 Å². The molecule has 5 nitrogen and oxygen atoms in total. The molecule has 1 N–H and O–H groups in total. The van der Waals surface area contributed by atoms with Crippen molar-refractivity contribution >= 4 is 11.9 Å². The van der Waals surface area contributed by atoms with Gasteiger partial charge in [-0.2, -0.15) is 0 Å². The fourth-order valence-electron chi connectivity index (χ4n) is 1.86. The molecule has 0 radical (unpaired) electrons. The third-order valence-electron chi connectivity index (χ3n) is 2.91. The van der Waals surface area contributed by atoms with Crippen LogP contribution in [0, 0.1) is 0 Å². The molecule has 0 spiro atoms. The van der Waals surface area contributed by atoms with Crippen LogP contribution in [0.15, 0.2) is 0 Å². The van der Waals surface area contributed by atoms with E-state index in [9.17, 15) is 9.59 Å². The maximum atomic E-state index is 11.8. The predicted octanol–water partition coefficient (Wildman–Crippen LogP) is 0.405. The first-order valence-corrected chi connectivity index (χ1v) is 5.85. The van der Waals surface area contributed by atoms with Crippen molar-refractivity contribution in [3.05, 3.63) is 0 Å². The molecule has 1 saturated heterocycles. The number of carboxylic acid groups (broad SMARTS) is 1. The number of nitrogens with zero attached hydrogens (tertiary/aromatic N) is 2. The number of carbonyl (C=O) groups is 2. The van der Waals surface area contributed by atoms with E-state index in [-0.39, 0.29) is 12.3 Å². The van der Waals surface area contributed by atoms with Crippen molar-refractivity contribution in [2.75, 3.05) is 32.7 Å². The van der Waals surface area contributed by atoms with Gasteiger partial charge in [0.1, 0.15) is 0 Å². The van der Waals surface area contributed by atoms with Crippen LogP contribution in [0.25, 0.3) is 0 Å². The molecule has 1 aliphatic heterocycles. The second-order valence-corrected chi connectivity index (χ2v) is 4.10. The molecule has 1 heterocycles. The van der Waals surface area contributed by atoms with E-state index in [4.69, 9.17) is 5.11 Å². The van der Waals surface area contributed by atoms with Crippen molar-refractivity contribution in [3.63, 3.8) is 0 Å². The van der Waals surface area contributed by atoms with Gasteiger partial charge in [-0.1, -0.05) is 6.92 Å². The molecule has 0 atom stereocenters. The van der Waals surface area contributed by atoms with Gasteiger partial charge >= 0.3 is 5.97 Å². The highest BCUT2D eigenvalue weighted by Crippen LogP contribution is 2.08. The van der Waals surface area contributed by atoms with E-state index in [0.29, 0.717) is 19.6 Å². The number of hydrogen-bond acceptors (Lipinski definition) is 3. The Hall–Kier alpha value is -1.10. The molecule has 0 bridgehead atoms. The van der Waals surface area contributed by atoms with Crippen LogP contribution in [0.2, 0.25) is 0 Å². The predicted molar refractivity (Wildman–Crippen MR) is 60.2 cm³/mol. The minimum absolute atomic E-state index is 0.0983. The monoisotopic (exact) mass is 228 g/mol. The standard InChI is InChI=1S/C11H20N2O3/c1-2-12(8-5-11(15)16)9-10(14)13-6-3-4-7-13/h2-9H2,1H3,(H,15,16). The summed E-state index contributed by atoms with van der Waals surface area (Å²) < 4.78 is 0. The van der Waals surface area contributed by atoms with Crippen LogP contribution >= 0.6 is 0 Å². The minimum Gasteiger partial charge on any atom is -0.481 e. The van der Waals surface area contributed by atoms with Crippen LogP contribution in [0.4, 0.5) is 0 Å². The molecule has 0 unspecified atom stereocenters. The van der Waals surface area contributed by atoms with Crippen molar-refractivity contribution in [2.24, 2.45) is 0 Å². The molecule has 0 saturated carbocycles. The Bertz CT molecular complexity index is 250. The van der Waals surface area contributed by atoms with Crippen LogP contribution in [-0.2, 0) is 9.59 Å².